The van der Waals surface area contributed by atoms with Gasteiger partial charge in [-0.3, -0.25) is 15.4 Å². The lowest BCUT2D eigenvalue weighted by Gasteiger charge is -2.17. The first-order valence-corrected chi connectivity index (χ1v) is 9.15. The number of halogens is 1. The van der Waals surface area contributed by atoms with Crippen LogP contribution in [-0.2, 0) is 0 Å². The highest BCUT2D eigenvalue weighted by atomic mass is 32.2. The summed E-state index contributed by atoms with van der Waals surface area (Å²) in [6.45, 7) is 0. The lowest BCUT2D eigenvalue weighted by Crippen LogP contribution is -2.31. The Morgan fingerprint density at radius 1 is 1.31 bits per heavy atom. The van der Waals surface area contributed by atoms with Crippen LogP contribution in [0.5, 0.6) is 10.8 Å². The van der Waals surface area contributed by atoms with Gasteiger partial charge in [-0.05, 0) is 42.3 Å². The zero-order chi connectivity index (χ0) is 18.5. The SMILES string of the molecule is CN(C(=O)Nc1ncc(Oc2cccc(F)c2)s1)c1cccc(SN)c1. The molecule has 134 valence electrons. The summed E-state index contributed by atoms with van der Waals surface area (Å²) in [6.07, 6.45) is 1.47. The number of nitrogens with zero attached hydrogens (tertiary/aromatic N) is 2. The zero-order valence-electron chi connectivity index (χ0n) is 13.7. The van der Waals surface area contributed by atoms with Gasteiger partial charge in [-0.2, -0.15) is 0 Å². The summed E-state index contributed by atoms with van der Waals surface area (Å²) in [5.74, 6) is -0.0280. The van der Waals surface area contributed by atoms with E-state index in [1.165, 1.54) is 23.2 Å². The first-order valence-electron chi connectivity index (χ1n) is 7.46. The Bertz CT molecular complexity index is 919. The second kappa shape index (κ2) is 8.17. The monoisotopic (exact) mass is 390 g/mol. The molecule has 0 aliphatic rings. The van der Waals surface area contributed by atoms with Crippen LogP contribution in [0.25, 0.3) is 0 Å². The number of amides is 2. The van der Waals surface area contributed by atoms with Crippen molar-refractivity contribution >= 4 is 40.1 Å². The van der Waals surface area contributed by atoms with Gasteiger partial charge < -0.3 is 4.74 Å². The fourth-order valence-corrected chi connectivity index (χ4v) is 3.09. The number of nitrogens with one attached hydrogen (secondary N) is 1. The van der Waals surface area contributed by atoms with Gasteiger partial charge in [0.25, 0.3) is 0 Å². The number of carbonyl (C=O) groups is 1. The Labute approximate surface area is 157 Å². The number of nitrogens with two attached hydrogens (primary N) is 1. The number of rotatable bonds is 5. The first-order chi connectivity index (χ1) is 12.5. The molecule has 0 saturated heterocycles. The van der Waals surface area contributed by atoms with Crippen LogP contribution in [0, 0.1) is 5.82 Å². The number of thiazole rings is 1. The molecule has 3 aromatic rings. The van der Waals surface area contributed by atoms with Crippen LogP contribution in [0.1, 0.15) is 0 Å². The van der Waals surface area contributed by atoms with E-state index in [2.05, 4.69) is 10.3 Å². The third-order valence-electron chi connectivity index (χ3n) is 3.36. The molecule has 1 heterocycles. The van der Waals surface area contributed by atoms with E-state index in [1.54, 1.807) is 25.2 Å². The second-order valence-corrected chi connectivity index (χ2v) is 6.85. The minimum Gasteiger partial charge on any atom is -0.445 e. The Morgan fingerprint density at radius 2 is 2.12 bits per heavy atom. The highest BCUT2D eigenvalue weighted by Gasteiger charge is 2.14. The van der Waals surface area contributed by atoms with Crippen LogP contribution in [0.3, 0.4) is 0 Å². The Balaban J connectivity index is 1.65. The highest BCUT2D eigenvalue weighted by molar-refractivity contribution is 7.97. The molecule has 2 aromatic carbocycles. The molecule has 26 heavy (non-hydrogen) atoms. The molecule has 0 bridgehead atoms. The quantitative estimate of drug-likeness (QED) is 0.617. The van der Waals surface area contributed by atoms with E-state index >= 15 is 0 Å². The smallest absolute Gasteiger partial charge is 0.327 e. The number of urea groups is 1. The van der Waals surface area contributed by atoms with Gasteiger partial charge in [-0.15, -0.1) is 0 Å². The summed E-state index contributed by atoms with van der Waals surface area (Å²) in [5.41, 5.74) is 0.700. The van der Waals surface area contributed by atoms with Gasteiger partial charge in [-0.25, -0.2) is 14.2 Å². The van der Waals surface area contributed by atoms with E-state index in [9.17, 15) is 9.18 Å². The molecule has 3 N–H and O–H groups in total. The fraction of sp³-hybridized carbons (Fsp3) is 0.0588. The van der Waals surface area contributed by atoms with Gasteiger partial charge in [0.1, 0.15) is 11.6 Å². The molecule has 3 rings (SSSR count). The maximum absolute atomic E-state index is 13.2. The van der Waals surface area contributed by atoms with E-state index in [4.69, 9.17) is 9.88 Å². The molecule has 2 amide bonds. The maximum atomic E-state index is 13.2. The van der Waals surface area contributed by atoms with Crippen molar-refractivity contribution in [3.8, 4) is 10.8 Å². The van der Waals surface area contributed by atoms with E-state index < -0.39 is 0 Å². The van der Waals surface area contributed by atoms with Crippen molar-refractivity contribution in [2.45, 2.75) is 4.90 Å². The van der Waals surface area contributed by atoms with E-state index in [0.29, 0.717) is 21.6 Å². The largest absolute Gasteiger partial charge is 0.445 e. The number of ether oxygens (including phenoxy) is 1. The second-order valence-electron chi connectivity index (χ2n) is 5.15. The Kier molecular flexibility index (Phi) is 5.71. The Hall–Kier alpha value is -2.62. The van der Waals surface area contributed by atoms with Crippen LogP contribution in [0.15, 0.2) is 59.6 Å². The average molecular weight is 390 g/mol. The van der Waals surface area contributed by atoms with Gasteiger partial charge in [0, 0.05) is 23.7 Å². The van der Waals surface area contributed by atoms with Crippen LogP contribution < -0.4 is 20.1 Å². The molecule has 0 spiro atoms. The van der Waals surface area contributed by atoms with Crippen molar-refractivity contribution < 1.29 is 13.9 Å². The van der Waals surface area contributed by atoms with E-state index in [1.807, 2.05) is 18.2 Å². The van der Waals surface area contributed by atoms with Gasteiger partial charge in [0.15, 0.2) is 5.13 Å². The molecule has 0 atom stereocenters. The van der Waals surface area contributed by atoms with Gasteiger partial charge >= 0.3 is 6.03 Å². The van der Waals surface area contributed by atoms with Crippen molar-refractivity contribution in [2.75, 3.05) is 17.3 Å². The van der Waals surface area contributed by atoms with Crippen LogP contribution >= 0.6 is 23.3 Å². The minimum atomic E-state index is -0.389. The topological polar surface area (TPSA) is 80.5 Å². The molecule has 0 aliphatic carbocycles. The van der Waals surface area contributed by atoms with Crippen molar-refractivity contribution in [1.29, 1.82) is 0 Å². The fourth-order valence-electron chi connectivity index (χ4n) is 2.07. The van der Waals surface area contributed by atoms with Gasteiger partial charge in [0.05, 0.1) is 6.20 Å². The van der Waals surface area contributed by atoms with Gasteiger partial charge in [0.2, 0.25) is 5.06 Å². The molecule has 0 unspecified atom stereocenters. The third-order valence-corrected chi connectivity index (χ3v) is 4.68. The highest BCUT2D eigenvalue weighted by Crippen LogP contribution is 2.31. The third kappa shape index (κ3) is 4.51. The average Bonchev–Trinajstić information content (AvgIpc) is 3.07. The summed E-state index contributed by atoms with van der Waals surface area (Å²) >= 11 is 2.25. The van der Waals surface area contributed by atoms with E-state index in [0.717, 1.165) is 28.2 Å². The maximum Gasteiger partial charge on any atom is 0.327 e. The number of aromatic nitrogens is 1. The predicted octanol–water partition coefficient (Wildman–Crippen LogP) is 4.71. The van der Waals surface area contributed by atoms with Crippen LogP contribution in [-0.4, -0.2) is 18.1 Å². The summed E-state index contributed by atoms with van der Waals surface area (Å²) in [6, 6.07) is 12.7. The standard InChI is InChI=1S/C17H15FN4O2S2/c1-22(12-5-3-7-14(9-12)26-19)17(23)21-16-20-10-15(25-16)24-13-6-2-4-11(18)8-13/h2-10H,19H2,1H3,(H,20,21,23). The number of hydrogen-bond donors (Lipinski definition) is 2. The van der Waals surface area contributed by atoms with Crippen molar-refractivity contribution in [3.63, 3.8) is 0 Å². The van der Waals surface area contributed by atoms with E-state index in [-0.39, 0.29) is 11.8 Å². The lowest BCUT2D eigenvalue weighted by molar-refractivity contribution is 0.258. The van der Waals surface area contributed by atoms with Crippen LogP contribution in [0.4, 0.5) is 20.0 Å². The van der Waals surface area contributed by atoms with Crippen LogP contribution in [0.2, 0.25) is 0 Å². The molecular formula is C17H15FN4O2S2. The lowest BCUT2D eigenvalue weighted by atomic mass is 10.3. The minimum absolute atomic E-state index is 0.351. The first kappa shape index (κ1) is 18.2. The van der Waals surface area contributed by atoms with Crippen molar-refractivity contribution in [1.82, 2.24) is 4.98 Å². The Morgan fingerprint density at radius 3 is 2.88 bits per heavy atom. The number of benzene rings is 2. The molecule has 9 heteroatoms. The summed E-state index contributed by atoms with van der Waals surface area (Å²) < 4.78 is 18.7. The molecule has 6 nitrogen and oxygen atoms in total. The summed E-state index contributed by atoms with van der Waals surface area (Å²) in [4.78, 5) is 18.8. The van der Waals surface area contributed by atoms with Crippen molar-refractivity contribution in [3.05, 3.63) is 60.5 Å². The number of hydrogen-bond acceptors (Lipinski definition) is 6. The van der Waals surface area contributed by atoms with Crippen molar-refractivity contribution in [2.24, 2.45) is 5.14 Å². The predicted molar refractivity (Wildman–Crippen MR) is 102 cm³/mol. The summed E-state index contributed by atoms with van der Waals surface area (Å²) in [5, 5.41) is 9.06. The molecule has 0 fully saturated rings. The van der Waals surface area contributed by atoms with Gasteiger partial charge in [-0.1, -0.05) is 23.5 Å². The summed E-state index contributed by atoms with van der Waals surface area (Å²) in [7, 11) is 1.65. The molecule has 0 aliphatic heterocycles. The number of carbonyl (C=O) groups excluding carboxylic acids is 1. The molecule has 0 radical (unpaired) electrons. The normalized spacial score (nSPS) is 10.4. The molecular weight excluding hydrogens is 375 g/mol. The molecule has 0 saturated carbocycles. The zero-order valence-corrected chi connectivity index (χ0v) is 15.3. The molecule has 1 aromatic heterocycles. The number of anilines is 2.